The fourth-order valence-electron chi connectivity index (χ4n) is 1.52. The summed E-state index contributed by atoms with van der Waals surface area (Å²) in [5, 5.41) is 7.55. The van der Waals surface area contributed by atoms with Gasteiger partial charge < -0.3 is 20.8 Å². The molecule has 2 heterocycles. The maximum absolute atomic E-state index is 11.8. The molecule has 2 aromatic heterocycles. The second-order valence-electron chi connectivity index (χ2n) is 5.39. The standard InChI is InChI=1S/C14H18N4O3S.ClH/c1-8(19)16-6-9-4-5-11(21-9)10-7-22-13(17-10)18-12(20)14(2,3)15;/h4-5,7H,6,15H2,1-3H3,(H,16,19)(H,17,18,20);1H. The number of carbonyl (C=O) groups excluding carboxylic acids is 2. The average molecular weight is 359 g/mol. The van der Waals surface area contributed by atoms with Gasteiger partial charge in [0.25, 0.3) is 0 Å². The van der Waals surface area contributed by atoms with Crippen molar-refractivity contribution in [2.45, 2.75) is 32.9 Å². The van der Waals surface area contributed by atoms with Gasteiger partial charge in [0.1, 0.15) is 11.5 Å². The summed E-state index contributed by atoms with van der Waals surface area (Å²) in [6.07, 6.45) is 0. The van der Waals surface area contributed by atoms with Gasteiger partial charge in [0.05, 0.1) is 12.1 Å². The Kier molecular flexibility index (Phi) is 6.31. The number of amides is 2. The Morgan fingerprint density at radius 2 is 2.09 bits per heavy atom. The van der Waals surface area contributed by atoms with Crippen LogP contribution in [0.4, 0.5) is 5.13 Å². The maximum atomic E-state index is 11.8. The van der Waals surface area contributed by atoms with Crippen molar-refractivity contribution in [3.63, 3.8) is 0 Å². The number of nitrogens with zero attached hydrogens (tertiary/aromatic N) is 1. The summed E-state index contributed by atoms with van der Waals surface area (Å²) in [7, 11) is 0. The number of hydrogen-bond donors (Lipinski definition) is 3. The molecule has 0 saturated heterocycles. The first-order chi connectivity index (χ1) is 10.3. The van der Waals surface area contributed by atoms with Gasteiger partial charge in [0.15, 0.2) is 10.9 Å². The van der Waals surface area contributed by atoms with Crippen LogP contribution in [-0.4, -0.2) is 22.3 Å². The van der Waals surface area contributed by atoms with Crippen LogP contribution in [0.25, 0.3) is 11.5 Å². The Hall–Kier alpha value is -1.90. The van der Waals surface area contributed by atoms with E-state index in [9.17, 15) is 9.59 Å². The number of halogens is 1. The van der Waals surface area contributed by atoms with Gasteiger partial charge in [-0.3, -0.25) is 9.59 Å². The molecule has 126 valence electrons. The predicted molar refractivity (Wildman–Crippen MR) is 91.5 cm³/mol. The van der Waals surface area contributed by atoms with Gasteiger partial charge >= 0.3 is 0 Å². The molecule has 0 bridgehead atoms. The lowest BCUT2D eigenvalue weighted by Crippen LogP contribution is -2.45. The van der Waals surface area contributed by atoms with Crippen molar-refractivity contribution in [2.24, 2.45) is 5.73 Å². The van der Waals surface area contributed by atoms with Crippen LogP contribution in [-0.2, 0) is 16.1 Å². The number of aromatic nitrogens is 1. The third-order valence-corrected chi connectivity index (χ3v) is 3.49. The molecule has 0 atom stereocenters. The Bertz CT molecular complexity index is 690. The molecule has 9 heteroatoms. The monoisotopic (exact) mass is 358 g/mol. The Labute approximate surface area is 144 Å². The molecule has 0 aliphatic heterocycles. The first-order valence-corrected chi connectivity index (χ1v) is 7.53. The van der Waals surface area contributed by atoms with Crippen LogP contribution in [0, 0.1) is 0 Å². The summed E-state index contributed by atoms with van der Waals surface area (Å²) >= 11 is 1.29. The van der Waals surface area contributed by atoms with Crippen LogP contribution in [0.3, 0.4) is 0 Å². The molecule has 0 radical (unpaired) electrons. The molecule has 2 rings (SSSR count). The van der Waals surface area contributed by atoms with E-state index in [0.29, 0.717) is 28.9 Å². The molecule has 4 N–H and O–H groups in total. The average Bonchev–Trinajstić information content (AvgIpc) is 3.03. The Morgan fingerprint density at radius 1 is 1.39 bits per heavy atom. The smallest absolute Gasteiger partial charge is 0.245 e. The quantitative estimate of drug-likeness (QED) is 0.758. The first-order valence-electron chi connectivity index (χ1n) is 6.65. The number of carbonyl (C=O) groups is 2. The van der Waals surface area contributed by atoms with Gasteiger partial charge in [-0.05, 0) is 26.0 Å². The SMILES string of the molecule is CC(=O)NCc1ccc(-c2csc(NC(=O)C(C)(C)N)n2)o1.Cl. The van der Waals surface area contributed by atoms with Crippen molar-refractivity contribution in [1.29, 1.82) is 0 Å². The molecular formula is C14H19ClN4O3S. The highest BCUT2D eigenvalue weighted by Crippen LogP contribution is 2.26. The van der Waals surface area contributed by atoms with Gasteiger partial charge in [0.2, 0.25) is 11.8 Å². The van der Waals surface area contributed by atoms with Crippen molar-refractivity contribution >= 4 is 40.7 Å². The lowest BCUT2D eigenvalue weighted by Gasteiger charge is -2.16. The van der Waals surface area contributed by atoms with E-state index in [2.05, 4.69) is 15.6 Å². The lowest BCUT2D eigenvalue weighted by molar-refractivity contribution is -0.120. The van der Waals surface area contributed by atoms with E-state index in [1.54, 1.807) is 31.4 Å². The molecule has 2 aromatic rings. The normalized spacial score (nSPS) is 10.8. The molecule has 0 unspecified atom stereocenters. The van der Waals surface area contributed by atoms with Crippen LogP contribution < -0.4 is 16.4 Å². The zero-order chi connectivity index (χ0) is 16.3. The van der Waals surface area contributed by atoms with E-state index in [1.165, 1.54) is 18.3 Å². The topological polar surface area (TPSA) is 110 Å². The summed E-state index contributed by atoms with van der Waals surface area (Å²) in [4.78, 5) is 27.0. The fraction of sp³-hybridized carbons (Fsp3) is 0.357. The largest absolute Gasteiger partial charge is 0.458 e. The Balaban J connectivity index is 0.00000264. The number of hydrogen-bond acceptors (Lipinski definition) is 6. The molecule has 0 aliphatic carbocycles. The third-order valence-electron chi connectivity index (χ3n) is 2.74. The van der Waals surface area contributed by atoms with Crippen LogP contribution >= 0.6 is 23.7 Å². The maximum Gasteiger partial charge on any atom is 0.245 e. The van der Waals surface area contributed by atoms with Crippen LogP contribution in [0.5, 0.6) is 0 Å². The second kappa shape index (κ2) is 7.58. The van der Waals surface area contributed by atoms with Crippen LogP contribution in [0.15, 0.2) is 21.9 Å². The number of nitrogens with two attached hydrogens (primary N) is 1. The van der Waals surface area contributed by atoms with Crippen LogP contribution in [0.2, 0.25) is 0 Å². The van der Waals surface area contributed by atoms with Crippen molar-refractivity contribution in [2.75, 3.05) is 5.32 Å². The van der Waals surface area contributed by atoms with Gasteiger partial charge in [-0.2, -0.15) is 0 Å². The second-order valence-corrected chi connectivity index (χ2v) is 6.25. The zero-order valence-corrected chi connectivity index (χ0v) is 14.6. The number of anilines is 1. The fourth-order valence-corrected chi connectivity index (χ4v) is 2.22. The summed E-state index contributed by atoms with van der Waals surface area (Å²) in [6.45, 7) is 5.01. The highest BCUT2D eigenvalue weighted by atomic mass is 35.5. The van der Waals surface area contributed by atoms with Gasteiger partial charge in [-0.15, -0.1) is 23.7 Å². The molecule has 0 aromatic carbocycles. The van der Waals surface area contributed by atoms with Gasteiger partial charge in [-0.25, -0.2) is 4.98 Å². The number of nitrogens with one attached hydrogen (secondary N) is 2. The van der Waals surface area contributed by atoms with E-state index < -0.39 is 5.54 Å². The van der Waals surface area contributed by atoms with Gasteiger partial charge in [-0.1, -0.05) is 0 Å². The minimum atomic E-state index is -0.970. The molecule has 0 fully saturated rings. The minimum Gasteiger partial charge on any atom is -0.458 e. The van der Waals surface area contributed by atoms with Crippen molar-refractivity contribution in [3.8, 4) is 11.5 Å². The number of rotatable bonds is 5. The third kappa shape index (κ3) is 5.34. The molecular weight excluding hydrogens is 340 g/mol. The number of furan rings is 1. The van der Waals surface area contributed by atoms with Crippen molar-refractivity contribution < 1.29 is 14.0 Å². The summed E-state index contributed by atoms with van der Waals surface area (Å²) in [5.41, 5.74) is 5.36. The molecule has 0 spiro atoms. The van der Waals surface area contributed by atoms with E-state index in [-0.39, 0.29) is 24.2 Å². The molecule has 0 aliphatic rings. The highest BCUT2D eigenvalue weighted by Gasteiger charge is 2.23. The highest BCUT2D eigenvalue weighted by molar-refractivity contribution is 7.14. The zero-order valence-electron chi connectivity index (χ0n) is 13.0. The lowest BCUT2D eigenvalue weighted by atomic mass is 10.1. The summed E-state index contributed by atoms with van der Waals surface area (Å²) in [6, 6.07) is 3.54. The van der Waals surface area contributed by atoms with E-state index in [0.717, 1.165) is 0 Å². The van der Waals surface area contributed by atoms with E-state index in [4.69, 9.17) is 10.2 Å². The van der Waals surface area contributed by atoms with Crippen molar-refractivity contribution in [1.82, 2.24) is 10.3 Å². The van der Waals surface area contributed by atoms with E-state index >= 15 is 0 Å². The summed E-state index contributed by atoms with van der Waals surface area (Å²) in [5.74, 6) is 0.774. The number of thiazole rings is 1. The summed E-state index contributed by atoms with van der Waals surface area (Å²) < 4.78 is 5.60. The predicted octanol–water partition coefficient (Wildman–Crippen LogP) is 2.14. The molecule has 2 amide bonds. The Morgan fingerprint density at radius 3 is 2.70 bits per heavy atom. The molecule has 7 nitrogen and oxygen atoms in total. The first kappa shape index (κ1) is 19.1. The minimum absolute atomic E-state index is 0. The van der Waals surface area contributed by atoms with Crippen molar-refractivity contribution in [3.05, 3.63) is 23.3 Å². The van der Waals surface area contributed by atoms with Gasteiger partial charge in [0, 0.05) is 12.3 Å². The van der Waals surface area contributed by atoms with E-state index in [1.807, 2.05) is 0 Å². The molecule has 0 saturated carbocycles. The molecule has 23 heavy (non-hydrogen) atoms. The van der Waals surface area contributed by atoms with Crippen LogP contribution in [0.1, 0.15) is 26.5 Å².